The van der Waals surface area contributed by atoms with E-state index in [1.54, 1.807) is 0 Å². The van der Waals surface area contributed by atoms with Crippen molar-refractivity contribution in [3.63, 3.8) is 0 Å². The molecular weight excluding hydrogens is 264 g/mol. The van der Waals surface area contributed by atoms with E-state index in [9.17, 15) is 0 Å². The van der Waals surface area contributed by atoms with Crippen molar-refractivity contribution in [1.82, 2.24) is 10.3 Å². The van der Waals surface area contributed by atoms with Crippen molar-refractivity contribution in [3.8, 4) is 0 Å². The van der Waals surface area contributed by atoms with Crippen molar-refractivity contribution in [1.29, 1.82) is 0 Å². The normalized spacial score (nSPS) is 13.1. The first-order chi connectivity index (χ1) is 7.61. The van der Waals surface area contributed by atoms with Crippen LogP contribution in [0.25, 0.3) is 0 Å². The lowest BCUT2D eigenvalue weighted by Crippen LogP contribution is -2.32. The van der Waals surface area contributed by atoms with Gasteiger partial charge in [0.05, 0.1) is 0 Å². The van der Waals surface area contributed by atoms with Crippen molar-refractivity contribution >= 4 is 15.9 Å². The minimum absolute atomic E-state index is 0.540. The van der Waals surface area contributed by atoms with Crippen LogP contribution in [0.4, 0.5) is 0 Å². The molecule has 0 aliphatic rings. The molecule has 1 unspecified atom stereocenters. The van der Waals surface area contributed by atoms with Gasteiger partial charge in [-0.25, -0.2) is 0 Å². The van der Waals surface area contributed by atoms with Gasteiger partial charge in [0, 0.05) is 28.8 Å². The van der Waals surface area contributed by atoms with Crippen molar-refractivity contribution in [2.24, 2.45) is 5.92 Å². The van der Waals surface area contributed by atoms with Crippen molar-refractivity contribution < 1.29 is 0 Å². The van der Waals surface area contributed by atoms with E-state index in [0.717, 1.165) is 29.1 Å². The molecule has 0 amide bonds. The van der Waals surface area contributed by atoms with Crippen LogP contribution in [-0.4, -0.2) is 17.6 Å². The lowest BCUT2D eigenvalue weighted by atomic mass is 9.99. The Labute approximate surface area is 107 Å². The number of rotatable bonds is 6. The number of halogens is 1. The topological polar surface area (TPSA) is 24.9 Å². The van der Waals surface area contributed by atoms with Crippen LogP contribution in [0.2, 0.25) is 0 Å². The zero-order valence-corrected chi connectivity index (χ0v) is 11.9. The van der Waals surface area contributed by atoms with E-state index in [2.05, 4.69) is 59.1 Å². The van der Waals surface area contributed by atoms with E-state index in [1.165, 1.54) is 6.42 Å². The molecule has 0 aromatic carbocycles. The monoisotopic (exact) mass is 284 g/mol. The lowest BCUT2D eigenvalue weighted by molar-refractivity contribution is 0.421. The molecule has 0 aliphatic carbocycles. The van der Waals surface area contributed by atoms with Crippen LogP contribution >= 0.6 is 15.9 Å². The highest BCUT2D eigenvalue weighted by Gasteiger charge is 2.10. The molecule has 0 fully saturated rings. The third kappa shape index (κ3) is 5.08. The summed E-state index contributed by atoms with van der Waals surface area (Å²) in [6.45, 7) is 7.70. The zero-order valence-electron chi connectivity index (χ0n) is 10.3. The van der Waals surface area contributed by atoms with Gasteiger partial charge < -0.3 is 5.32 Å². The molecule has 90 valence electrons. The van der Waals surface area contributed by atoms with Gasteiger partial charge in [0.2, 0.25) is 0 Å². The minimum Gasteiger partial charge on any atom is -0.314 e. The molecule has 0 saturated carbocycles. The Kier molecular flexibility index (Phi) is 5.99. The molecule has 1 aromatic heterocycles. The summed E-state index contributed by atoms with van der Waals surface area (Å²) in [6, 6.07) is 4.69. The molecule has 1 aromatic rings. The quantitative estimate of drug-likeness (QED) is 0.866. The molecule has 0 radical (unpaired) electrons. The standard InChI is InChI=1S/C13H21BrN2/c1-4-15-13(7-10(2)3)8-12-6-5-11(14)9-16-12/h5-6,9-10,13,15H,4,7-8H2,1-3H3. The Bertz CT molecular complexity index is 295. The van der Waals surface area contributed by atoms with Gasteiger partial charge >= 0.3 is 0 Å². The molecule has 3 heteroatoms. The molecule has 1 N–H and O–H groups in total. The Morgan fingerprint density at radius 1 is 1.38 bits per heavy atom. The maximum absolute atomic E-state index is 4.42. The van der Waals surface area contributed by atoms with E-state index >= 15 is 0 Å². The molecule has 2 nitrogen and oxygen atoms in total. The van der Waals surface area contributed by atoms with E-state index in [1.807, 2.05) is 6.20 Å². The number of hydrogen-bond acceptors (Lipinski definition) is 2. The fraction of sp³-hybridized carbons (Fsp3) is 0.615. The third-order valence-electron chi connectivity index (χ3n) is 2.49. The van der Waals surface area contributed by atoms with Crippen LogP contribution in [0.5, 0.6) is 0 Å². The van der Waals surface area contributed by atoms with Gasteiger partial charge in [-0.05, 0) is 46.9 Å². The van der Waals surface area contributed by atoms with E-state index in [-0.39, 0.29) is 0 Å². The number of likely N-dealkylation sites (N-methyl/N-ethyl adjacent to an activating group) is 1. The highest BCUT2D eigenvalue weighted by atomic mass is 79.9. The maximum atomic E-state index is 4.42. The highest BCUT2D eigenvalue weighted by molar-refractivity contribution is 9.10. The number of nitrogens with one attached hydrogen (secondary N) is 1. The van der Waals surface area contributed by atoms with Gasteiger partial charge in [-0.3, -0.25) is 4.98 Å². The minimum atomic E-state index is 0.540. The Balaban J connectivity index is 2.56. The second-order valence-electron chi connectivity index (χ2n) is 4.56. The van der Waals surface area contributed by atoms with Gasteiger partial charge in [-0.2, -0.15) is 0 Å². The molecule has 0 bridgehead atoms. The first kappa shape index (κ1) is 13.7. The summed E-state index contributed by atoms with van der Waals surface area (Å²) in [4.78, 5) is 4.42. The summed E-state index contributed by atoms with van der Waals surface area (Å²) >= 11 is 3.40. The second-order valence-corrected chi connectivity index (χ2v) is 5.47. The van der Waals surface area contributed by atoms with Gasteiger partial charge in [0.25, 0.3) is 0 Å². The van der Waals surface area contributed by atoms with Crippen molar-refractivity contribution in [2.45, 2.75) is 39.7 Å². The van der Waals surface area contributed by atoms with Crippen LogP contribution in [0, 0.1) is 5.92 Å². The van der Waals surface area contributed by atoms with E-state index < -0.39 is 0 Å². The average Bonchev–Trinajstić information content (AvgIpc) is 2.21. The Morgan fingerprint density at radius 2 is 2.12 bits per heavy atom. The Hall–Kier alpha value is -0.410. The fourth-order valence-electron chi connectivity index (χ4n) is 1.88. The van der Waals surface area contributed by atoms with Gasteiger partial charge in [0.1, 0.15) is 0 Å². The van der Waals surface area contributed by atoms with Crippen LogP contribution in [0.15, 0.2) is 22.8 Å². The Morgan fingerprint density at radius 3 is 2.62 bits per heavy atom. The fourth-order valence-corrected chi connectivity index (χ4v) is 2.11. The number of aromatic nitrogens is 1. The predicted octanol–water partition coefficient (Wildman–Crippen LogP) is 3.41. The van der Waals surface area contributed by atoms with Crippen LogP contribution in [0.1, 0.15) is 32.9 Å². The van der Waals surface area contributed by atoms with E-state index in [0.29, 0.717) is 6.04 Å². The molecule has 0 saturated heterocycles. The molecule has 0 spiro atoms. The van der Waals surface area contributed by atoms with E-state index in [4.69, 9.17) is 0 Å². The summed E-state index contributed by atoms with van der Waals surface area (Å²) in [5, 5.41) is 3.53. The zero-order chi connectivity index (χ0) is 12.0. The highest BCUT2D eigenvalue weighted by Crippen LogP contribution is 2.12. The molecule has 16 heavy (non-hydrogen) atoms. The number of nitrogens with zero attached hydrogens (tertiary/aromatic N) is 1. The van der Waals surface area contributed by atoms with Crippen LogP contribution < -0.4 is 5.32 Å². The lowest BCUT2D eigenvalue weighted by Gasteiger charge is -2.19. The van der Waals surface area contributed by atoms with Crippen LogP contribution in [-0.2, 0) is 6.42 Å². The molecule has 1 heterocycles. The average molecular weight is 285 g/mol. The third-order valence-corrected chi connectivity index (χ3v) is 2.96. The number of hydrogen-bond donors (Lipinski definition) is 1. The molecule has 1 rings (SSSR count). The first-order valence-corrected chi connectivity index (χ1v) is 6.75. The maximum Gasteiger partial charge on any atom is 0.0419 e. The molecule has 1 atom stereocenters. The molecular formula is C13H21BrN2. The molecule has 0 aliphatic heterocycles. The smallest absolute Gasteiger partial charge is 0.0419 e. The van der Waals surface area contributed by atoms with Gasteiger partial charge in [0.15, 0.2) is 0 Å². The second kappa shape index (κ2) is 7.02. The summed E-state index contributed by atoms with van der Waals surface area (Å²) in [7, 11) is 0. The van der Waals surface area contributed by atoms with Crippen molar-refractivity contribution in [3.05, 3.63) is 28.5 Å². The first-order valence-electron chi connectivity index (χ1n) is 5.95. The SMILES string of the molecule is CCNC(Cc1ccc(Br)cn1)CC(C)C. The van der Waals surface area contributed by atoms with Crippen LogP contribution in [0.3, 0.4) is 0 Å². The summed E-state index contributed by atoms with van der Waals surface area (Å²) < 4.78 is 1.04. The number of pyridine rings is 1. The summed E-state index contributed by atoms with van der Waals surface area (Å²) in [6.07, 6.45) is 4.08. The van der Waals surface area contributed by atoms with Crippen molar-refractivity contribution in [2.75, 3.05) is 6.54 Å². The summed E-state index contributed by atoms with van der Waals surface area (Å²) in [5.41, 5.74) is 1.16. The summed E-state index contributed by atoms with van der Waals surface area (Å²) in [5.74, 6) is 0.722. The largest absolute Gasteiger partial charge is 0.314 e. The predicted molar refractivity (Wildman–Crippen MR) is 72.6 cm³/mol. The van der Waals surface area contributed by atoms with Gasteiger partial charge in [-0.1, -0.05) is 20.8 Å². The van der Waals surface area contributed by atoms with Gasteiger partial charge in [-0.15, -0.1) is 0 Å².